The van der Waals surface area contributed by atoms with Crippen LogP contribution in [0.5, 0.6) is 11.5 Å². The zero-order valence-corrected chi connectivity index (χ0v) is 37.7. The molecule has 14 nitrogen and oxygen atoms in total. The second kappa shape index (κ2) is 20.4. The van der Waals surface area contributed by atoms with Crippen LogP contribution in [0.4, 0.5) is 5.82 Å². The summed E-state index contributed by atoms with van der Waals surface area (Å²) in [6.07, 6.45) is -0.515. The van der Waals surface area contributed by atoms with Crippen molar-refractivity contribution in [3.63, 3.8) is 0 Å². The van der Waals surface area contributed by atoms with Crippen LogP contribution >= 0.6 is 8.53 Å². The fraction of sp³-hybridized carbons (Fsp3) is 0.347. The molecule has 2 aliphatic heterocycles. The number of rotatable bonds is 20. The number of carbonyl (C=O) groups is 1. The number of carbonyl (C=O) groups excluding carboxylic acids is 1. The minimum absolute atomic E-state index is 0.0102. The maximum atomic E-state index is 14.0. The number of amides is 1. The first-order valence-electron chi connectivity index (χ1n) is 21.1. The Morgan fingerprint density at radius 1 is 0.938 bits per heavy atom. The van der Waals surface area contributed by atoms with Gasteiger partial charge in [0.05, 0.1) is 39.9 Å². The normalized spacial score (nSPS) is 20.2. The zero-order chi connectivity index (χ0) is 45.4. The lowest BCUT2D eigenvalue weighted by Crippen LogP contribution is -2.55. The van der Waals surface area contributed by atoms with Crippen LogP contribution in [0.1, 0.15) is 67.4 Å². The molecule has 0 spiro atoms. The molecule has 1 aromatic heterocycles. The van der Waals surface area contributed by atoms with Gasteiger partial charge in [-0.25, -0.2) is 9.46 Å². The second-order valence-electron chi connectivity index (χ2n) is 15.9. The van der Waals surface area contributed by atoms with Crippen molar-refractivity contribution < 1.29 is 37.5 Å². The van der Waals surface area contributed by atoms with E-state index in [1.54, 1.807) is 44.6 Å². The molecule has 0 aliphatic carbocycles. The van der Waals surface area contributed by atoms with Gasteiger partial charge >= 0.3 is 5.69 Å². The number of nitrogens with one attached hydrogen (secondary N) is 1. The summed E-state index contributed by atoms with van der Waals surface area (Å²) in [5, 5.41) is 12.2. The van der Waals surface area contributed by atoms with E-state index in [-0.39, 0.29) is 37.5 Å². The van der Waals surface area contributed by atoms with Gasteiger partial charge in [0.2, 0.25) is 0 Å². The second-order valence-corrected chi connectivity index (χ2v) is 17.3. The summed E-state index contributed by atoms with van der Waals surface area (Å²) in [5.74, 6) is 0.982. The number of hydrogen-bond donors (Lipinski definition) is 1. The number of nitrogens with zero attached hydrogens (tertiary/aromatic N) is 4. The number of benzene rings is 4. The molecule has 1 amide bonds. The van der Waals surface area contributed by atoms with E-state index in [4.69, 9.17) is 32.7 Å². The van der Waals surface area contributed by atoms with E-state index >= 15 is 0 Å². The van der Waals surface area contributed by atoms with Crippen molar-refractivity contribution in [2.45, 2.75) is 81.9 Å². The average Bonchev–Trinajstić information content (AvgIpc) is 3.82. The Hall–Kier alpha value is -5.75. The number of methoxy groups -OCH3 is 2. The Bertz CT molecular complexity index is 2390. The maximum Gasteiger partial charge on any atom is 0.351 e. The summed E-state index contributed by atoms with van der Waals surface area (Å²) in [6, 6.07) is 37.5. The lowest BCUT2D eigenvalue weighted by Gasteiger charge is -2.45. The molecule has 6 atom stereocenters. The van der Waals surface area contributed by atoms with Crippen LogP contribution in [-0.2, 0) is 28.9 Å². The Kier molecular flexibility index (Phi) is 14.7. The van der Waals surface area contributed by atoms with E-state index in [0.717, 1.165) is 16.7 Å². The molecule has 2 fully saturated rings. The molecule has 1 N–H and O–H groups in total. The van der Waals surface area contributed by atoms with Crippen LogP contribution in [0, 0.1) is 11.3 Å². The van der Waals surface area contributed by atoms with Crippen molar-refractivity contribution in [3.8, 4) is 17.6 Å². The van der Waals surface area contributed by atoms with Gasteiger partial charge in [-0.15, -0.1) is 6.58 Å². The standard InChI is InChI=1S/C49H54N5O9P/c1-8-41(61-49(36-18-13-10-14-19-36,37-20-24-39(57-6)25-21-37)38-22-26-40(58-7)27-23-38)48-32-59-43(44(48)63-64(60-31-15-29-50)54(33(2)3)34(4)5)46(62-48)53-30-28-42(52-47(53)56)51-45(55)35-16-11-9-12-17-35/h8-14,16-28,30,33-34,41,43-44,46H,1,15,31-32H2,2-7H3,(H,51,52,55,56)/t41-,43-,44+,46-,48?,64?/m1/s1. The lowest BCUT2D eigenvalue weighted by molar-refractivity contribution is -0.223. The van der Waals surface area contributed by atoms with Gasteiger partial charge in [-0.1, -0.05) is 78.9 Å². The highest BCUT2D eigenvalue weighted by atomic mass is 31.2. The van der Waals surface area contributed by atoms with Crippen molar-refractivity contribution >= 4 is 20.3 Å². The van der Waals surface area contributed by atoms with Gasteiger partial charge < -0.3 is 38.0 Å². The van der Waals surface area contributed by atoms with Gasteiger partial charge in [-0.05, 0) is 86.8 Å². The van der Waals surface area contributed by atoms with E-state index in [2.05, 4.69) is 55.3 Å². The first-order valence-corrected chi connectivity index (χ1v) is 22.3. The maximum absolute atomic E-state index is 14.0. The predicted octanol–water partition coefficient (Wildman–Crippen LogP) is 8.40. The third-order valence-corrected chi connectivity index (χ3v) is 13.4. The Morgan fingerprint density at radius 3 is 2.05 bits per heavy atom. The summed E-state index contributed by atoms with van der Waals surface area (Å²) in [4.78, 5) is 31.3. The van der Waals surface area contributed by atoms with E-state index in [0.29, 0.717) is 17.1 Å². The largest absolute Gasteiger partial charge is 0.497 e. The quantitative estimate of drug-likeness (QED) is 0.0345. The SMILES string of the molecule is C=C[C@@H](OC(c1ccccc1)(c1ccc(OC)cc1)c1ccc(OC)cc1)C12CO[C@@H]([C@H](n3ccc(NC(=O)c4ccccc4)nc3=O)O1)[C@@H]2OP(OCCC#N)N(C(C)C)C(C)C. The third-order valence-electron chi connectivity index (χ3n) is 11.3. The van der Waals surface area contributed by atoms with Gasteiger partial charge in [0.1, 0.15) is 41.2 Å². The van der Waals surface area contributed by atoms with Gasteiger partial charge in [0, 0.05) is 23.8 Å². The van der Waals surface area contributed by atoms with Crippen LogP contribution in [0.15, 0.2) is 139 Å². The van der Waals surface area contributed by atoms with Crippen molar-refractivity contribution in [2.24, 2.45) is 0 Å². The fourth-order valence-electron chi connectivity index (χ4n) is 8.39. The van der Waals surface area contributed by atoms with Gasteiger partial charge in [-0.3, -0.25) is 9.36 Å². The number of aromatic nitrogens is 2. The molecular formula is C49H54N5O9P. The summed E-state index contributed by atoms with van der Waals surface area (Å²) < 4.78 is 49.7. The molecule has 5 aromatic rings. The number of nitriles is 1. The monoisotopic (exact) mass is 887 g/mol. The molecule has 2 aliphatic rings. The molecule has 64 heavy (non-hydrogen) atoms. The van der Waals surface area contributed by atoms with Crippen molar-refractivity contribution in [1.29, 1.82) is 5.26 Å². The minimum atomic E-state index is -1.86. The molecule has 0 saturated carbocycles. The highest BCUT2D eigenvalue weighted by Crippen LogP contribution is 2.57. The summed E-state index contributed by atoms with van der Waals surface area (Å²) in [7, 11) is 1.38. The molecule has 334 valence electrons. The van der Waals surface area contributed by atoms with E-state index < -0.39 is 55.9 Å². The lowest BCUT2D eigenvalue weighted by atomic mass is 9.79. The van der Waals surface area contributed by atoms with Crippen LogP contribution in [-0.4, -0.2) is 83.6 Å². The first kappa shape index (κ1) is 46.2. The molecule has 2 unspecified atom stereocenters. The van der Waals surface area contributed by atoms with Crippen molar-refractivity contribution in [3.05, 3.63) is 167 Å². The fourth-order valence-corrected chi connectivity index (χ4v) is 10.2. The zero-order valence-electron chi connectivity index (χ0n) is 36.8. The van der Waals surface area contributed by atoms with E-state index in [9.17, 15) is 14.9 Å². The van der Waals surface area contributed by atoms with Gasteiger partial charge in [0.25, 0.3) is 14.4 Å². The molecular weight excluding hydrogens is 834 g/mol. The topological polar surface area (TPSA) is 156 Å². The molecule has 0 radical (unpaired) electrons. The Morgan fingerprint density at radius 2 is 1.52 bits per heavy atom. The van der Waals surface area contributed by atoms with Crippen molar-refractivity contribution in [2.75, 3.05) is 32.8 Å². The van der Waals surface area contributed by atoms with Gasteiger partial charge in [0.15, 0.2) is 11.8 Å². The summed E-state index contributed by atoms with van der Waals surface area (Å²) in [6.45, 7) is 12.7. The number of fused-ring (bicyclic) bond motifs is 2. The minimum Gasteiger partial charge on any atom is -0.497 e. The molecule has 2 bridgehead atoms. The molecule has 2 saturated heterocycles. The van der Waals surface area contributed by atoms with Crippen LogP contribution in [0.25, 0.3) is 0 Å². The number of anilines is 1. The predicted molar refractivity (Wildman–Crippen MR) is 243 cm³/mol. The van der Waals surface area contributed by atoms with Gasteiger partial charge in [-0.2, -0.15) is 10.2 Å². The van der Waals surface area contributed by atoms with E-state index in [1.165, 1.54) is 16.8 Å². The first-order chi connectivity index (χ1) is 31.0. The molecule has 15 heteroatoms. The number of hydrogen-bond acceptors (Lipinski definition) is 12. The highest BCUT2D eigenvalue weighted by molar-refractivity contribution is 7.44. The molecule has 3 heterocycles. The molecule has 7 rings (SSSR count). The summed E-state index contributed by atoms with van der Waals surface area (Å²) >= 11 is 0. The summed E-state index contributed by atoms with van der Waals surface area (Å²) in [5.41, 5.74) is -0.687. The van der Waals surface area contributed by atoms with Crippen LogP contribution in [0.2, 0.25) is 0 Å². The van der Waals surface area contributed by atoms with E-state index in [1.807, 2.05) is 84.9 Å². The Labute approximate surface area is 375 Å². The van der Waals surface area contributed by atoms with Crippen LogP contribution in [0.3, 0.4) is 0 Å². The average molecular weight is 888 g/mol. The molecule has 4 aromatic carbocycles. The van der Waals surface area contributed by atoms with Crippen molar-refractivity contribution in [1.82, 2.24) is 14.2 Å². The van der Waals surface area contributed by atoms with Crippen LogP contribution < -0.4 is 20.5 Å². The third kappa shape index (κ3) is 9.25. The Balaban J connectivity index is 1.36. The highest BCUT2D eigenvalue weighted by Gasteiger charge is 2.68. The number of ether oxygens (including phenoxy) is 5. The smallest absolute Gasteiger partial charge is 0.351 e.